The molecule has 0 spiro atoms. The molecule has 1 aliphatic rings. The van der Waals surface area contributed by atoms with Crippen molar-refractivity contribution in [1.29, 1.82) is 0 Å². The summed E-state index contributed by atoms with van der Waals surface area (Å²) in [7, 11) is 0. The van der Waals surface area contributed by atoms with Gasteiger partial charge in [0.15, 0.2) is 0 Å². The first-order valence-corrected chi connectivity index (χ1v) is 17.4. The number of carbonyl (C=O) groups excluding carboxylic acids is 4. The summed E-state index contributed by atoms with van der Waals surface area (Å²) in [5, 5.41) is 19.1. The van der Waals surface area contributed by atoms with Crippen LogP contribution < -0.4 is 31.7 Å². The van der Waals surface area contributed by atoms with Crippen molar-refractivity contribution >= 4 is 29.9 Å². The smallest absolute Gasteiger partial charge is 0.408 e. The Hall–Kier alpha value is -5.59. The minimum atomic E-state index is -1.26. The number of benzene rings is 3. The molecule has 52 heavy (non-hydrogen) atoms. The van der Waals surface area contributed by atoms with Crippen LogP contribution in [0.15, 0.2) is 72.8 Å². The number of amides is 5. The van der Waals surface area contributed by atoms with Gasteiger partial charge in [-0.15, -0.1) is 0 Å². The van der Waals surface area contributed by atoms with Crippen LogP contribution in [0.25, 0.3) is 11.1 Å². The number of rotatable bonds is 16. The fraction of sp³-hybridized carbons (Fsp3) is 0.410. The van der Waals surface area contributed by atoms with Gasteiger partial charge in [-0.05, 0) is 79.5 Å². The van der Waals surface area contributed by atoms with Gasteiger partial charge in [-0.3, -0.25) is 14.4 Å². The lowest BCUT2D eigenvalue weighted by molar-refractivity contribution is -0.138. The number of primary amides is 1. The summed E-state index contributed by atoms with van der Waals surface area (Å²) in [6.45, 7) is 8.88. The number of nitrogens with two attached hydrogens (primary N) is 1. The number of nitrogens with one attached hydrogen (secondary N) is 4. The lowest BCUT2D eigenvalue weighted by Crippen LogP contribution is -2.56. The highest BCUT2D eigenvalue weighted by Gasteiger charge is 2.38. The topological polar surface area (TPSA) is 198 Å². The van der Waals surface area contributed by atoms with Crippen LogP contribution in [0.5, 0.6) is 5.75 Å². The standard InChI is InChI=1S/C39H49N5O8/c1-23(2)34(36(48)43-30(15-10-20-41-37(40)49)35(47)42-22-32(45)46)44-38(50)51-31(21-24-16-18-25(19-17-24)52-39(3,4)5)33-28-13-8-6-11-26(28)27-12-7-9-14-29(27)33/h6-9,11-14,16-19,23,30-31,33-34H,10,15,20-22H2,1-5H3,(H,42,47)(H,43,48)(H,44,50)(H,45,46)(H3,40,41,49)/t30?,31-,34-/m0/s1. The molecule has 3 atom stereocenters. The van der Waals surface area contributed by atoms with Crippen LogP contribution in [0, 0.1) is 5.92 Å². The van der Waals surface area contributed by atoms with Crippen molar-refractivity contribution < 1.29 is 38.6 Å². The first kappa shape index (κ1) is 39.2. The second-order valence-electron chi connectivity index (χ2n) is 14.1. The van der Waals surface area contributed by atoms with Crippen molar-refractivity contribution in [1.82, 2.24) is 21.3 Å². The van der Waals surface area contributed by atoms with Crippen LogP contribution in [0.3, 0.4) is 0 Å². The molecule has 1 aliphatic carbocycles. The predicted molar refractivity (Wildman–Crippen MR) is 196 cm³/mol. The van der Waals surface area contributed by atoms with E-state index in [1.165, 1.54) is 0 Å². The molecule has 3 aromatic carbocycles. The van der Waals surface area contributed by atoms with E-state index in [1.807, 2.05) is 81.4 Å². The van der Waals surface area contributed by atoms with Crippen molar-refractivity contribution in [2.75, 3.05) is 13.1 Å². The number of hydrogen-bond donors (Lipinski definition) is 6. The predicted octanol–water partition coefficient (Wildman–Crippen LogP) is 4.47. The van der Waals surface area contributed by atoms with Crippen LogP contribution in [-0.2, 0) is 25.5 Å². The number of carboxylic acid groups (broad SMARTS) is 1. The van der Waals surface area contributed by atoms with E-state index >= 15 is 0 Å². The minimum absolute atomic E-state index is 0.0644. The van der Waals surface area contributed by atoms with Crippen LogP contribution in [0.4, 0.5) is 9.59 Å². The highest BCUT2D eigenvalue weighted by atomic mass is 16.6. The number of ether oxygens (including phenoxy) is 2. The number of carbonyl (C=O) groups is 5. The molecule has 0 fully saturated rings. The zero-order chi connectivity index (χ0) is 38.0. The maximum absolute atomic E-state index is 13.8. The molecule has 0 bridgehead atoms. The number of alkyl carbamates (subject to hydrolysis) is 1. The average molecular weight is 716 g/mol. The monoisotopic (exact) mass is 715 g/mol. The molecule has 278 valence electrons. The van der Waals surface area contributed by atoms with Gasteiger partial charge in [0.1, 0.15) is 36.1 Å². The Morgan fingerprint density at radius 1 is 0.827 bits per heavy atom. The molecule has 1 unspecified atom stereocenters. The third-order valence-electron chi connectivity index (χ3n) is 8.53. The van der Waals surface area contributed by atoms with E-state index < -0.39 is 60.6 Å². The molecule has 0 saturated carbocycles. The van der Waals surface area contributed by atoms with Gasteiger partial charge >= 0.3 is 18.1 Å². The molecule has 0 aliphatic heterocycles. The summed E-state index contributed by atoms with van der Waals surface area (Å²) in [6, 6.07) is 20.7. The van der Waals surface area contributed by atoms with Crippen molar-refractivity contribution in [3.63, 3.8) is 0 Å². The molecule has 0 aromatic heterocycles. The van der Waals surface area contributed by atoms with Crippen molar-refractivity contribution in [3.8, 4) is 16.9 Å². The maximum atomic E-state index is 13.8. The van der Waals surface area contributed by atoms with Gasteiger partial charge in [-0.2, -0.15) is 0 Å². The second-order valence-corrected chi connectivity index (χ2v) is 14.1. The van der Waals surface area contributed by atoms with Crippen LogP contribution in [0.2, 0.25) is 0 Å². The first-order valence-electron chi connectivity index (χ1n) is 17.4. The molecule has 5 amide bonds. The molecule has 7 N–H and O–H groups in total. The molecule has 0 radical (unpaired) electrons. The normalized spacial score (nSPS) is 13.9. The van der Waals surface area contributed by atoms with Crippen molar-refractivity contribution in [2.45, 2.75) is 83.6 Å². The lowest BCUT2D eigenvalue weighted by Gasteiger charge is -2.29. The second kappa shape index (κ2) is 17.6. The molecule has 3 aromatic rings. The van der Waals surface area contributed by atoms with E-state index in [2.05, 4.69) is 33.4 Å². The van der Waals surface area contributed by atoms with Crippen molar-refractivity contribution in [3.05, 3.63) is 89.5 Å². The number of urea groups is 1. The Labute approximate surface area is 304 Å². The minimum Gasteiger partial charge on any atom is -0.488 e. The number of aliphatic carboxylic acids is 1. The number of fused-ring (bicyclic) bond motifs is 3. The van der Waals surface area contributed by atoms with Gasteiger partial charge < -0.3 is 41.6 Å². The number of hydrogen-bond acceptors (Lipinski definition) is 7. The average Bonchev–Trinajstić information content (AvgIpc) is 3.41. The molecule has 4 rings (SSSR count). The van der Waals surface area contributed by atoms with E-state index in [1.54, 1.807) is 13.8 Å². The van der Waals surface area contributed by atoms with E-state index in [-0.39, 0.29) is 30.9 Å². The highest BCUT2D eigenvalue weighted by molar-refractivity contribution is 5.92. The van der Waals surface area contributed by atoms with Gasteiger partial charge in [-0.1, -0.05) is 74.5 Å². The summed E-state index contributed by atoms with van der Waals surface area (Å²) in [4.78, 5) is 62.4. The van der Waals surface area contributed by atoms with E-state index in [0.29, 0.717) is 12.2 Å². The quantitative estimate of drug-likeness (QED) is 0.117. The maximum Gasteiger partial charge on any atom is 0.408 e. The van der Waals surface area contributed by atoms with Gasteiger partial charge in [0.2, 0.25) is 11.8 Å². The fourth-order valence-electron chi connectivity index (χ4n) is 6.27. The van der Waals surface area contributed by atoms with E-state index in [0.717, 1.165) is 27.8 Å². The molecule has 13 nitrogen and oxygen atoms in total. The summed E-state index contributed by atoms with van der Waals surface area (Å²) >= 11 is 0. The number of carboxylic acids is 1. The van der Waals surface area contributed by atoms with Gasteiger partial charge in [0.05, 0.1) is 0 Å². The highest BCUT2D eigenvalue weighted by Crippen LogP contribution is 2.47. The first-order chi connectivity index (χ1) is 24.6. The lowest BCUT2D eigenvalue weighted by atomic mass is 9.87. The summed E-state index contributed by atoms with van der Waals surface area (Å²) < 4.78 is 12.3. The summed E-state index contributed by atoms with van der Waals surface area (Å²) in [5.41, 5.74) is 9.83. The Bertz CT molecular complexity index is 1690. The molecule has 13 heteroatoms. The largest absolute Gasteiger partial charge is 0.488 e. The molecular formula is C39H49N5O8. The third-order valence-corrected chi connectivity index (χ3v) is 8.53. The van der Waals surface area contributed by atoms with Crippen LogP contribution in [0.1, 0.15) is 70.1 Å². The molecule has 0 saturated heterocycles. The Balaban J connectivity index is 1.57. The van der Waals surface area contributed by atoms with Gasteiger partial charge in [0, 0.05) is 18.9 Å². The molecule has 0 heterocycles. The van der Waals surface area contributed by atoms with Gasteiger partial charge in [-0.25, -0.2) is 9.59 Å². The zero-order valence-electron chi connectivity index (χ0n) is 30.2. The van der Waals surface area contributed by atoms with Gasteiger partial charge in [0.25, 0.3) is 0 Å². The summed E-state index contributed by atoms with van der Waals surface area (Å²) in [6.07, 6.45) is -0.811. The summed E-state index contributed by atoms with van der Waals surface area (Å²) in [5.74, 6) is -2.65. The Kier molecular flexibility index (Phi) is 13.2. The van der Waals surface area contributed by atoms with Crippen LogP contribution in [-0.4, -0.2) is 71.9 Å². The van der Waals surface area contributed by atoms with E-state index in [4.69, 9.17) is 20.3 Å². The van der Waals surface area contributed by atoms with E-state index in [9.17, 15) is 24.0 Å². The molecular weight excluding hydrogens is 666 g/mol. The van der Waals surface area contributed by atoms with Crippen LogP contribution >= 0.6 is 0 Å². The SMILES string of the molecule is CC(C)[C@H](NC(=O)O[C@@H](Cc1ccc(OC(C)(C)C)cc1)C1c2ccccc2-c2ccccc21)C(=O)NC(CCCNC(N)=O)C(=O)NCC(=O)O. The third kappa shape index (κ3) is 11.0. The fourth-order valence-corrected chi connectivity index (χ4v) is 6.27. The zero-order valence-corrected chi connectivity index (χ0v) is 30.2. The Morgan fingerprint density at radius 2 is 1.42 bits per heavy atom. The van der Waals surface area contributed by atoms with Crippen molar-refractivity contribution in [2.24, 2.45) is 11.7 Å². The Morgan fingerprint density at radius 3 is 1.96 bits per heavy atom.